The van der Waals surface area contributed by atoms with E-state index < -0.39 is 11.9 Å². The Kier molecular flexibility index (Phi) is 5.37. The normalized spacial score (nSPS) is 11.5. The van der Waals surface area contributed by atoms with E-state index in [4.69, 9.17) is 0 Å². The van der Waals surface area contributed by atoms with Crippen molar-refractivity contribution in [1.82, 2.24) is 9.38 Å². The van der Waals surface area contributed by atoms with Crippen molar-refractivity contribution in [2.24, 2.45) is 0 Å². The minimum atomic E-state index is -4.51. The number of hydrogen-bond donors (Lipinski definition) is 2. The molecule has 2 heterocycles. The van der Waals surface area contributed by atoms with Gasteiger partial charge in [-0.2, -0.15) is 13.2 Å². The molecule has 2 aromatic carbocycles. The van der Waals surface area contributed by atoms with Gasteiger partial charge in [0, 0.05) is 23.1 Å². The number of nitrogens with one attached hydrogen (secondary N) is 2. The van der Waals surface area contributed by atoms with Crippen molar-refractivity contribution < 1.29 is 18.0 Å². The summed E-state index contributed by atoms with van der Waals surface area (Å²) < 4.78 is 40.2. The number of hydrogen-bond acceptors (Lipinski definition) is 3. The Morgan fingerprint density at radius 2 is 1.65 bits per heavy atom. The topological polar surface area (TPSA) is 58.4 Å². The van der Waals surface area contributed by atoms with Crippen LogP contribution in [-0.4, -0.2) is 15.3 Å². The molecule has 2 N–H and O–H groups in total. The van der Waals surface area contributed by atoms with Crippen LogP contribution in [0.5, 0.6) is 0 Å². The summed E-state index contributed by atoms with van der Waals surface area (Å²) in [5.41, 5.74) is 2.21. The number of aromatic nitrogens is 2. The number of imidazole rings is 1. The van der Waals surface area contributed by atoms with Crippen LogP contribution < -0.4 is 10.6 Å². The number of anilines is 3. The first-order valence-electron chi connectivity index (χ1n) is 9.66. The van der Waals surface area contributed by atoms with E-state index in [1.807, 2.05) is 19.1 Å². The van der Waals surface area contributed by atoms with Gasteiger partial charge in [0.1, 0.15) is 11.5 Å². The van der Waals surface area contributed by atoms with Crippen molar-refractivity contribution in [1.29, 1.82) is 0 Å². The molecule has 0 unspecified atom stereocenters. The van der Waals surface area contributed by atoms with Gasteiger partial charge < -0.3 is 10.6 Å². The maximum absolute atomic E-state index is 13.0. The van der Waals surface area contributed by atoms with Crippen LogP contribution in [0.3, 0.4) is 0 Å². The van der Waals surface area contributed by atoms with E-state index >= 15 is 0 Å². The third kappa shape index (κ3) is 4.53. The summed E-state index contributed by atoms with van der Waals surface area (Å²) in [6.45, 7) is 2.05. The highest BCUT2D eigenvalue weighted by molar-refractivity contribution is 6.04. The number of nitrogens with zero attached hydrogens (tertiary/aromatic N) is 2. The van der Waals surface area contributed by atoms with Gasteiger partial charge in [0.15, 0.2) is 5.69 Å². The van der Waals surface area contributed by atoms with Gasteiger partial charge in [0.05, 0.1) is 0 Å². The van der Waals surface area contributed by atoms with Gasteiger partial charge in [-0.05, 0) is 60.5 Å². The Bertz CT molecular complexity index is 1210. The van der Waals surface area contributed by atoms with Crippen LogP contribution in [0.15, 0.2) is 72.9 Å². The van der Waals surface area contributed by atoms with E-state index in [0.29, 0.717) is 22.8 Å². The number of pyridine rings is 1. The molecule has 31 heavy (non-hydrogen) atoms. The Balaban J connectivity index is 1.48. The molecule has 0 fully saturated rings. The zero-order chi connectivity index (χ0) is 22.0. The highest BCUT2D eigenvalue weighted by atomic mass is 19.4. The molecule has 0 radical (unpaired) electrons. The molecule has 2 aromatic heterocycles. The Morgan fingerprint density at radius 3 is 2.29 bits per heavy atom. The highest BCUT2D eigenvalue weighted by Gasteiger charge is 2.34. The van der Waals surface area contributed by atoms with E-state index in [2.05, 4.69) is 15.6 Å². The summed E-state index contributed by atoms with van der Waals surface area (Å²) in [6.07, 6.45) is -2.66. The number of alkyl halides is 3. The smallest absolute Gasteiger partial charge is 0.341 e. The number of carbonyl (C=O) groups is 1. The number of amides is 1. The molecule has 0 atom stereocenters. The second-order valence-corrected chi connectivity index (χ2v) is 6.97. The summed E-state index contributed by atoms with van der Waals surface area (Å²) >= 11 is 0. The van der Waals surface area contributed by atoms with Crippen molar-refractivity contribution >= 4 is 28.7 Å². The van der Waals surface area contributed by atoms with E-state index in [1.165, 1.54) is 10.5 Å². The van der Waals surface area contributed by atoms with Gasteiger partial charge in [-0.15, -0.1) is 0 Å². The summed E-state index contributed by atoms with van der Waals surface area (Å²) in [5, 5.41) is 5.91. The maximum atomic E-state index is 13.0. The zero-order valence-corrected chi connectivity index (χ0v) is 16.6. The molecule has 0 saturated heterocycles. The third-order valence-electron chi connectivity index (χ3n) is 4.82. The molecule has 4 aromatic rings. The zero-order valence-electron chi connectivity index (χ0n) is 16.6. The quantitative estimate of drug-likeness (QED) is 0.419. The minimum Gasteiger partial charge on any atom is -0.341 e. The first-order chi connectivity index (χ1) is 14.8. The van der Waals surface area contributed by atoms with E-state index in [9.17, 15) is 18.0 Å². The Hall–Kier alpha value is -3.81. The molecular weight excluding hydrogens is 405 g/mol. The standard InChI is InChI=1S/C23H19F3N4O/c1-2-15-6-8-16(9-7-15)22(31)28-18-12-10-17(11-13-18)27-20-4-3-5-21-29-19(14-30(20)21)23(24,25)26/h3-14,27H,2H2,1H3,(H,28,31). The van der Waals surface area contributed by atoms with Crippen LogP contribution >= 0.6 is 0 Å². The molecule has 5 nitrogen and oxygen atoms in total. The maximum Gasteiger partial charge on any atom is 0.434 e. The average Bonchev–Trinajstić information content (AvgIpc) is 3.21. The SMILES string of the molecule is CCc1ccc(C(=O)Nc2ccc(Nc3cccc4nc(C(F)(F)F)cn34)cc2)cc1. The molecule has 4 rings (SSSR count). The lowest BCUT2D eigenvalue weighted by atomic mass is 10.1. The van der Waals surface area contributed by atoms with E-state index in [0.717, 1.165) is 18.2 Å². The predicted molar refractivity (Wildman–Crippen MR) is 114 cm³/mol. The minimum absolute atomic E-state index is 0.190. The fraction of sp³-hybridized carbons (Fsp3) is 0.130. The molecule has 158 valence electrons. The summed E-state index contributed by atoms with van der Waals surface area (Å²) in [5.74, 6) is 0.222. The van der Waals surface area contributed by atoms with Crippen LogP contribution in [0.1, 0.15) is 28.5 Å². The van der Waals surface area contributed by atoms with Crippen molar-refractivity contribution in [3.8, 4) is 0 Å². The van der Waals surface area contributed by atoms with Gasteiger partial charge in [-0.3, -0.25) is 9.20 Å². The second-order valence-electron chi connectivity index (χ2n) is 6.97. The van der Waals surface area contributed by atoms with Crippen LogP contribution in [0.2, 0.25) is 0 Å². The Labute approximate surface area is 176 Å². The van der Waals surface area contributed by atoms with Crippen LogP contribution in [0.25, 0.3) is 5.65 Å². The van der Waals surface area contributed by atoms with Crippen molar-refractivity contribution in [3.63, 3.8) is 0 Å². The number of benzene rings is 2. The van der Waals surface area contributed by atoms with Crippen LogP contribution in [0, 0.1) is 0 Å². The lowest BCUT2D eigenvalue weighted by Gasteiger charge is -2.10. The first kappa shape index (κ1) is 20.5. The summed E-state index contributed by atoms with van der Waals surface area (Å²) in [7, 11) is 0. The molecule has 0 bridgehead atoms. The van der Waals surface area contributed by atoms with Crippen molar-refractivity contribution in [2.75, 3.05) is 10.6 Å². The molecule has 0 aliphatic heterocycles. The number of aryl methyl sites for hydroxylation is 1. The van der Waals surface area contributed by atoms with Gasteiger partial charge in [-0.25, -0.2) is 4.98 Å². The van der Waals surface area contributed by atoms with E-state index in [1.54, 1.807) is 48.5 Å². The Morgan fingerprint density at radius 1 is 0.968 bits per heavy atom. The fourth-order valence-corrected chi connectivity index (χ4v) is 3.13. The summed E-state index contributed by atoms with van der Waals surface area (Å²) in [6, 6.07) is 19.1. The number of fused-ring (bicyclic) bond motifs is 1. The van der Waals surface area contributed by atoms with Crippen LogP contribution in [0.4, 0.5) is 30.4 Å². The number of halogens is 3. The molecule has 0 aliphatic rings. The molecule has 1 amide bonds. The predicted octanol–water partition coefficient (Wildman–Crippen LogP) is 5.91. The fourth-order valence-electron chi connectivity index (χ4n) is 3.13. The van der Waals surface area contributed by atoms with Gasteiger partial charge >= 0.3 is 6.18 Å². The van der Waals surface area contributed by atoms with Crippen LogP contribution in [-0.2, 0) is 12.6 Å². The largest absolute Gasteiger partial charge is 0.434 e. The number of carbonyl (C=O) groups excluding carboxylic acids is 1. The third-order valence-corrected chi connectivity index (χ3v) is 4.82. The van der Waals surface area contributed by atoms with Gasteiger partial charge in [0.2, 0.25) is 0 Å². The average molecular weight is 424 g/mol. The van der Waals surface area contributed by atoms with Crippen molar-refractivity contribution in [2.45, 2.75) is 19.5 Å². The lowest BCUT2D eigenvalue weighted by molar-refractivity contribution is -0.140. The lowest BCUT2D eigenvalue weighted by Crippen LogP contribution is -2.11. The van der Waals surface area contributed by atoms with E-state index in [-0.39, 0.29) is 11.6 Å². The monoisotopic (exact) mass is 424 g/mol. The molecule has 0 spiro atoms. The molecule has 0 saturated carbocycles. The highest BCUT2D eigenvalue weighted by Crippen LogP contribution is 2.30. The van der Waals surface area contributed by atoms with Gasteiger partial charge in [-0.1, -0.05) is 25.1 Å². The second kappa shape index (κ2) is 8.14. The van der Waals surface area contributed by atoms with Crippen molar-refractivity contribution in [3.05, 3.63) is 89.7 Å². The first-order valence-corrected chi connectivity index (χ1v) is 9.66. The van der Waals surface area contributed by atoms with Gasteiger partial charge in [0.25, 0.3) is 5.91 Å². The molecule has 0 aliphatic carbocycles. The number of rotatable bonds is 5. The molecule has 8 heteroatoms. The molecular formula is C23H19F3N4O. The summed E-state index contributed by atoms with van der Waals surface area (Å²) in [4.78, 5) is 16.0.